The summed E-state index contributed by atoms with van der Waals surface area (Å²) in [7, 11) is 0. The number of carbonyl (C=O) groups excluding carboxylic acids is 2. The molecule has 0 saturated heterocycles. The van der Waals surface area contributed by atoms with Crippen molar-refractivity contribution in [3.8, 4) is 0 Å². The highest BCUT2D eigenvalue weighted by atomic mass is 19.4. The van der Waals surface area contributed by atoms with Gasteiger partial charge in [0.15, 0.2) is 0 Å². The molecule has 14 heavy (non-hydrogen) atoms. The van der Waals surface area contributed by atoms with E-state index in [0.717, 1.165) is 0 Å². The van der Waals surface area contributed by atoms with Crippen LogP contribution >= 0.6 is 0 Å². The first-order valence-electron chi connectivity index (χ1n) is 4.14. The molecule has 0 bridgehead atoms. The molecule has 0 aromatic carbocycles. The Labute approximate surface area is 80.5 Å². The second kappa shape index (κ2) is 4.11. The third-order valence-corrected chi connectivity index (χ3v) is 1.40. The molecular formula is C9H13F3O2. The number of carbonyl (C=O) groups is 2. The zero-order valence-electron chi connectivity index (χ0n) is 8.36. The molecule has 0 unspecified atom stereocenters. The first-order valence-corrected chi connectivity index (χ1v) is 4.14. The van der Waals surface area contributed by atoms with Crippen LogP contribution in [-0.2, 0) is 9.59 Å². The van der Waals surface area contributed by atoms with Gasteiger partial charge >= 0.3 is 6.18 Å². The predicted molar refractivity (Wildman–Crippen MR) is 44.8 cm³/mol. The number of hydrogen-bond donors (Lipinski definition) is 0. The van der Waals surface area contributed by atoms with Crippen molar-refractivity contribution in [2.24, 2.45) is 5.41 Å². The molecule has 0 radical (unpaired) electrons. The van der Waals surface area contributed by atoms with Crippen LogP contribution in [-0.4, -0.2) is 17.7 Å². The second-order valence-electron chi connectivity index (χ2n) is 4.37. The number of hydrogen-bond acceptors (Lipinski definition) is 2. The van der Waals surface area contributed by atoms with Gasteiger partial charge in [0.2, 0.25) is 5.78 Å². The fourth-order valence-corrected chi connectivity index (χ4v) is 0.933. The Balaban J connectivity index is 4.16. The molecule has 0 aliphatic heterocycles. The lowest BCUT2D eigenvalue weighted by molar-refractivity contribution is -0.171. The minimum Gasteiger partial charge on any atom is -0.299 e. The molecule has 0 aromatic heterocycles. The van der Waals surface area contributed by atoms with E-state index in [1.165, 1.54) is 0 Å². The van der Waals surface area contributed by atoms with Gasteiger partial charge in [-0.3, -0.25) is 9.59 Å². The predicted octanol–water partition coefficient (Wildman–Crippen LogP) is 2.51. The van der Waals surface area contributed by atoms with E-state index in [9.17, 15) is 22.8 Å². The van der Waals surface area contributed by atoms with Gasteiger partial charge < -0.3 is 0 Å². The van der Waals surface area contributed by atoms with Crippen LogP contribution in [0.4, 0.5) is 13.2 Å². The molecule has 0 amide bonds. The zero-order chi connectivity index (χ0) is 11.6. The molecule has 0 N–H and O–H groups in total. The van der Waals surface area contributed by atoms with E-state index in [2.05, 4.69) is 0 Å². The average Bonchev–Trinajstić information content (AvgIpc) is 1.79. The van der Waals surface area contributed by atoms with Crippen molar-refractivity contribution in [1.29, 1.82) is 0 Å². The van der Waals surface area contributed by atoms with Crippen molar-refractivity contribution >= 4 is 11.6 Å². The Hall–Kier alpha value is -0.870. The molecule has 5 heteroatoms. The maximum absolute atomic E-state index is 11.7. The van der Waals surface area contributed by atoms with Crippen molar-refractivity contribution in [2.75, 3.05) is 0 Å². The minimum atomic E-state index is -4.90. The van der Waals surface area contributed by atoms with E-state index in [1.807, 2.05) is 0 Å². The number of ketones is 2. The van der Waals surface area contributed by atoms with Crippen LogP contribution in [0.2, 0.25) is 0 Å². The molecular weight excluding hydrogens is 197 g/mol. The smallest absolute Gasteiger partial charge is 0.299 e. The quantitative estimate of drug-likeness (QED) is 0.671. The van der Waals surface area contributed by atoms with Crippen molar-refractivity contribution < 1.29 is 22.8 Å². The summed E-state index contributed by atoms with van der Waals surface area (Å²) in [6, 6.07) is 0. The number of halogens is 3. The zero-order valence-corrected chi connectivity index (χ0v) is 8.36. The highest BCUT2D eigenvalue weighted by Crippen LogP contribution is 2.22. The molecule has 82 valence electrons. The normalized spacial score (nSPS) is 12.7. The lowest BCUT2D eigenvalue weighted by Gasteiger charge is -2.16. The molecule has 0 rings (SSSR count). The van der Waals surface area contributed by atoms with E-state index < -0.39 is 24.2 Å². The number of Topliss-reactive ketones (excluding diaryl/α,β-unsaturated/α-hetero) is 2. The van der Waals surface area contributed by atoms with Gasteiger partial charge in [0.1, 0.15) is 5.78 Å². The summed E-state index contributed by atoms with van der Waals surface area (Å²) in [5.41, 5.74) is -0.386. The number of rotatable bonds is 3. The summed E-state index contributed by atoms with van der Waals surface area (Å²) < 4.78 is 35.2. The third-order valence-electron chi connectivity index (χ3n) is 1.40. The van der Waals surface area contributed by atoms with Crippen LogP contribution in [0.3, 0.4) is 0 Å². The van der Waals surface area contributed by atoms with E-state index in [4.69, 9.17) is 0 Å². The van der Waals surface area contributed by atoms with Crippen LogP contribution in [0, 0.1) is 5.41 Å². The minimum absolute atomic E-state index is 0.0190. The van der Waals surface area contributed by atoms with Gasteiger partial charge in [-0.15, -0.1) is 0 Å². The van der Waals surface area contributed by atoms with Gasteiger partial charge in [-0.05, 0) is 5.41 Å². The Bertz CT molecular complexity index is 235. The molecule has 0 aliphatic rings. The number of alkyl halides is 3. The Morgan fingerprint density at radius 2 is 1.50 bits per heavy atom. The Morgan fingerprint density at radius 1 is 1.07 bits per heavy atom. The van der Waals surface area contributed by atoms with Gasteiger partial charge in [0.25, 0.3) is 0 Å². The first kappa shape index (κ1) is 13.1. The van der Waals surface area contributed by atoms with Crippen molar-refractivity contribution in [1.82, 2.24) is 0 Å². The largest absolute Gasteiger partial charge is 0.450 e. The van der Waals surface area contributed by atoms with Crippen LogP contribution in [0.25, 0.3) is 0 Å². The van der Waals surface area contributed by atoms with Gasteiger partial charge in [-0.25, -0.2) is 0 Å². The van der Waals surface area contributed by atoms with Crippen LogP contribution in [0.1, 0.15) is 33.6 Å². The molecule has 0 heterocycles. The Morgan fingerprint density at radius 3 is 1.79 bits per heavy atom. The third kappa shape index (κ3) is 5.72. The molecule has 0 fully saturated rings. The first-order chi connectivity index (χ1) is 6.02. The molecule has 0 atom stereocenters. The maximum Gasteiger partial charge on any atom is 0.450 e. The van der Waals surface area contributed by atoms with Gasteiger partial charge in [-0.2, -0.15) is 13.2 Å². The molecule has 0 aromatic rings. The van der Waals surface area contributed by atoms with E-state index in [-0.39, 0.29) is 11.8 Å². The fourth-order valence-electron chi connectivity index (χ4n) is 0.933. The van der Waals surface area contributed by atoms with Crippen LogP contribution in [0.5, 0.6) is 0 Å². The van der Waals surface area contributed by atoms with Gasteiger partial charge in [-0.1, -0.05) is 20.8 Å². The molecule has 0 saturated carbocycles. The highest BCUT2D eigenvalue weighted by molar-refractivity contribution is 6.01. The summed E-state index contributed by atoms with van der Waals surface area (Å²) >= 11 is 0. The van der Waals surface area contributed by atoms with Crippen LogP contribution in [0.15, 0.2) is 0 Å². The van der Waals surface area contributed by atoms with Gasteiger partial charge in [0, 0.05) is 6.42 Å². The van der Waals surface area contributed by atoms with Gasteiger partial charge in [0.05, 0.1) is 6.42 Å². The van der Waals surface area contributed by atoms with Crippen LogP contribution < -0.4 is 0 Å². The summed E-state index contributed by atoms with van der Waals surface area (Å²) in [6.45, 7) is 5.18. The summed E-state index contributed by atoms with van der Waals surface area (Å²) in [4.78, 5) is 21.4. The lowest BCUT2D eigenvalue weighted by Crippen LogP contribution is -2.26. The van der Waals surface area contributed by atoms with Crippen molar-refractivity contribution in [3.05, 3.63) is 0 Å². The molecule has 2 nitrogen and oxygen atoms in total. The second-order valence-corrected chi connectivity index (χ2v) is 4.37. The summed E-state index contributed by atoms with van der Waals surface area (Å²) in [5.74, 6) is -2.63. The van der Waals surface area contributed by atoms with E-state index >= 15 is 0 Å². The average molecular weight is 210 g/mol. The fraction of sp³-hybridized carbons (Fsp3) is 0.778. The van der Waals surface area contributed by atoms with Crippen molar-refractivity contribution in [2.45, 2.75) is 39.8 Å². The standard InChI is InChI=1S/C9H13F3O2/c1-8(2,3)5-6(13)4-7(14)9(10,11)12/h4-5H2,1-3H3. The maximum atomic E-state index is 11.7. The molecule has 0 aliphatic carbocycles. The lowest BCUT2D eigenvalue weighted by atomic mass is 9.88. The Kier molecular flexibility index (Phi) is 3.85. The molecule has 0 spiro atoms. The highest BCUT2D eigenvalue weighted by Gasteiger charge is 2.39. The van der Waals surface area contributed by atoms with E-state index in [1.54, 1.807) is 20.8 Å². The topological polar surface area (TPSA) is 34.1 Å². The monoisotopic (exact) mass is 210 g/mol. The SMILES string of the molecule is CC(C)(C)CC(=O)CC(=O)C(F)(F)F. The summed E-state index contributed by atoms with van der Waals surface area (Å²) in [6.07, 6.45) is -5.96. The van der Waals surface area contributed by atoms with E-state index in [0.29, 0.717) is 0 Å². The van der Waals surface area contributed by atoms with Crippen molar-refractivity contribution in [3.63, 3.8) is 0 Å². The summed E-state index contributed by atoms with van der Waals surface area (Å²) in [5, 5.41) is 0.